The zero-order chi connectivity index (χ0) is 21.1. The van der Waals surface area contributed by atoms with E-state index >= 15 is 0 Å². The van der Waals surface area contributed by atoms with E-state index in [0.29, 0.717) is 33.5 Å². The molecule has 0 saturated carbocycles. The van der Waals surface area contributed by atoms with Crippen molar-refractivity contribution in [1.29, 1.82) is 5.26 Å². The molecule has 4 nitrogen and oxygen atoms in total. The molecule has 1 heterocycles. The lowest BCUT2D eigenvalue weighted by Crippen LogP contribution is -2.45. The zero-order valence-corrected chi connectivity index (χ0v) is 18.5. The highest BCUT2D eigenvalue weighted by molar-refractivity contribution is 6.33. The molecule has 0 aliphatic carbocycles. The summed E-state index contributed by atoms with van der Waals surface area (Å²) in [6.07, 6.45) is 1.84. The summed E-state index contributed by atoms with van der Waals surface area (Å²) in [4.78, 5) is 14.8. The van der Waals surface area contributed by atoms with Crippen molar-refractivity contribution in [3.05, 3.63) is 62.6 Å². The summed E-state index contributed by atoms with van der Waals surface area (Å²) in [5.41, 5.74) is 2.11. The van der Waals surface area contributed by atoms with Crippen LogP contribution in [-0.2, 0) is 11.2 Å². The van der Waals surface area contributed by atoms with Gasteiger partial charge in [0.1, 0.15) is 6.07 Å². The molecule has 2 aromatic rings. The van der Waals surface area contributed by atoms with E-state index in [2.05, 4.69) is 25.2 Å². The van der Waals surface area contributed by atoms with E-state index in [1.54, 1.807) is 24.3 Å². The molecule has 1 fully saturated rings. The first kappa shape index (κ1) is 21.8. The normalized spacial score (nSPS) is 19.9. The number of nitrogens with one attached hydrogen (secondary N) is 1. The van der Waals surface area contributed by atoms with Crippen LogP contribution in [0.15, 0.2) is 36.4 Å². The first-order chi connectivity index (χ1) is 13.8. The second-order valence-electron chi connectivity index (χ2n) is 7.33. The summed E-state index contributed by atoms with van der Waals surface area (Å²) in [6, 6.07) is 12.6. The Labute approximate surface area is 186 Å². The topological polar surface area (TPSA) is 56.1 Å². The summed E-state index contributed by atoms with van der Waals surface area (Å²) in [7, 11) is 0. The maximum absolute atomic E-state index is 12.9. The predicted molar refractivity (Wildman–Crippen MR) is 119 cm³/mol. The van der Waals surface area contributed by atoms with E-state index < -0.39 is 0 Å². The van der Waals surface area contributed by atoms with Crippen molar-refractivity contribution in [1.82, 2.24) is 4.90 Å². The molecule has 2 aromatic carbocycles. The number of likely N-dealkylation sites (tertiary alicyclic amines) is 1. The van der Waals surface area contributed by atoms with Crippen LogP contribution >= 0.6 is 34.8 Å². The quantitative estimate of drug-likeness (QED) is 0.592. The van der Waals surface area contributed by atoms with Crippen molar-refractivity contribution in [2.45, 2.75) is 51.2 Å². The third kappa shape index (κ3) is 4.80. The average Bonchev–Trinajstić information content (AvgIpc) is 2.99. The number of hydrogen-bond acceptors (Lipinski definition) is 3. The highest BCUT2D eigenvalue weighted by Crippen LogP contribution is 2.32. The van der Waals surface area contributed by atoms with Crippen LogP contribution in [0.25, 0.3) is 0 Å². The van der Waals surface area contributed by atoms with Gasteiger partial charge in [0.15, 0.2) is 0 Å². The summed E-state index contributed by atoms with van der Waals surface area (Å²) < 4.78 is 0. The van der Waals surface area contributed by atoms with Gasteiger partial charge in [-0.25, -0.2) is 0 Å². The standard InChI is InChI=1S/C22H22Cl3N3O/c1-3-13(2)28-21(9-15-8-16(23)5-7-18(15)24)20(11-22(28)29)27-17-6-4-14(12-26)19(25)10-17/h4-8,10,13,20-21,27H,3,9,11H2,1-2H3/t13?,20-,21?/m0/s1. The van der Waals surface area contributed by atoms with E-state index in [9.17, 15) is 4.79 Å². The molecule has 7 heteroatoms. The highest BCUT2D eigenvalue weighted by Gasteiger charge is 2.41. The van der Waals surface area contributed by atoms with Crippen LogP contribution in [0.2, 0.25) is 15.1 Å². The molecule has 3 atom stereocenters. The van der Waals surface area contributed by atoms with Gasteiger partial charge in [-0.3, -0.25) is 4.79 Å². The number of halogens is 3. The lowest BCUT2D eigenvalue weighted by molar-refractivity contribution is -0.130. The smallest absolute Gasteiger partial charge is 0.225 e. The second-order valence-corrected chi connectivity index (χ2v) is 8.58. The molecule has 0 aromatic heterocycles. The van der Waals surface area contributed by atoms with E-state index in [1.807, 2.05) is 17.0 Å². The van der Waals surface area contributed by atoms with E-state index in [1.165, 1.54) is 0 Å². The van der Waals surface area contributed by atoms with Crippen LogP contribution in [0, 0.1) is 11.3 Å². The first-order valence-corrected chi connectivity index (χ1v) is 10.7. The van der Waals surface area contributed by atoms with Crippen molar-refractivity contribution in [3.8, 4) is 6.07 Å². The summed E-state index contributed by atoms with van der Waals surface area (Å²) in [5, 5.41) is 14.2. The lowest BCUT2D eigenvalue weighted by atomic mass is 9.98. The van der Waals surface area contributed by atoms with Gasteiger partial charge in [0.25, 0.3) is 0 Å². The molecule has 29 heavy (non-hydrogen) atoms. The van der Waals surface area contributed by atoms with Crippen LogP contribution < -0.4 is 5.32 Å². The number of hydrogen-bond donors (Lipinski definition) is 1. The Hall–Kier alpha value is -1.93. The van der Waals surface area contributed by atoms with Crippen LogP contribution in [0.5, 0.6) is 0 Å². The molecule has 3 rings (SSSR count). The molecule has 1 N–H and O–H groups in total. The Bertz CT molecular complexity index is 957. The van der Waals surface area contributed by atoms with Gasteiger partial charge in [0.2, 0.25) is 5.91 Å². The second kappa shape index (κ2) is 9.26. The molecule has 1 saturated heterocycles. The van der Waals surface area contributed by atoms with Crippen molar-refractivity contribution in [2.24, 2.45) is 0 Å². The summed E-state index contributed by atoms with van der Waals surface area (Å²) in [6.45, 7) is 4.13. The fourth-order valence-corrected chi connectivity index (χ4v) is 4.41. The Morgan fingerprint density at radius 1 is 1.21 bits per heavy atom. The van der Waals surface area contributed by atoms with Gasteiger partial charge in [-0.1, -0.05) is 41.7 Å². The molecule has 0 bridgehead atoms. The van der Waals surface area contributed by atoms with Gasteiger partial charge in [-0.05, 0) is 61.7 Å². The number of benzene rings is 2. The highest BCUT2D eigenvalue weighted by atomic mass is 35.5. The summed E-state index contributed by atoms with van der Waals surface area (Å²) >= 11 is 18.8. The van der Waals surface area contributed by atoms with Gasteiger partial charge in [0.05, 0.1) is 22.7 Å². The zero-order valence-electron chi connectivity index (χ0n) is 16.3. The van der Waals surface area contributed by atoms with Gasteiger partial charge < -0.3 is 10.2 Å². The summed E-state index contributed by atoms with van der Waals surface area (Å²) in [5.74, 6) is 0.111. The maximum Gasteiger partial charge on any atom is 0.225 e. The molecule has 2 unspecified atom stereocenters. The number of amides is 1. The number of carbonyl (C=O) groups excluding carboxylic acids is 1. The van der Waals surface area contributed by atoms with Crippen LogP contribution in [0.3, 0.4) is 0 Å². The number of nitrogens with zero attached hydrogens (tertiary/aromatic N) is 2. The van der Waals surface area contributed by atoms with E-state index in [0.717, 1.165) is 17.7 Å². The van der Waals surface area contributed by atoms with Gasteiger partial charge in [-0.15, -0.1) is 0 Å². The number of anilines is 1. The molecule has 1 aliphatic heterocycles. The predicted octanol–water partition coefficient (Wildman–Crippen LogP) is 5.94. The van der Waals surface area contributed by atoms with Crippen molar-refractivity contribution in [3.63, 3.8) is 0 Å². The van der Waals surface area contributed by atoms with Gasteiger partial charge in [0, 0.05) is 28.2 Å². The largest absolute Gasteiger partial charge is 0.380 e. The number of rotatable bonds is 6. The molecule has 1 amide bonds. The average molecular weight is 451 g/mol. The monoisotopic (exact) mass is 449 g/mol. The molecule has 1 aliphatic rings. The minimum Gasteiger partial charge on any atom is -0.380 e. The number of carbonyl (C=O) groups is 1. The lowest BCUT2D eigenvalue weighted by Gasteiger charge is -2.33. The minimum absolute atomic E-state index is 0.0807. The van der Waals surface area contributed by atoms with Gasteiger partial charge >= 0.3 is 0 Å². The molecular formula is C22H22Cl3N3O. The van der Waals surface area contributed by atoms with Crippen molar-refractivity contribution in [2.75, 3.05) is 5.32 Å². The van der Waals surface area contributed by atoms with Gasteiger partial charge in [-0.2, -0.15) is 5.26 Å². The van der Waals surface area contributed by atoms with Crippen LogP contribution in [-0.4, -0.2) is 28.9 Å². The van der Waals surface area contributed by atoms with Crippen molar-refractivity contribution < 1.29 is 4.79 Å². The Morgan fingerprint density at radius 3 is 2.62 bits per heavy atom. The van der Waals surface area contributed by atoms with Crippen LogP contribution in [0.1, 0.15) is 37.8 Å². The van der Waals surface area contributed by atoms with E-state index in [-0.39, 0.29) is 24.0 Å². The fourth-order valence-electron chi connectivity index (χ4n) is 3.80. The first-order valence-electron chi connectivity index (χ1n) is 9.55. The van der Waals surface area contributed by atoms with Crippen molar-refractivity contribution >= 4 is 46.4 Å². The molecule has 0 radical (unpaired) electrons. The van der Waals surface area contributed by atoms with Crippen LogP contribution in [0.4, 0.5) is 5.69 Å². The maximum atomic E-state index is 12.9. The Balaban J connectivity index is 1.91. The fraction of sp³-hybridized carbons (Fsp3) is 0.364. The molecule has 152 valence electrons. The Kier molecular flexibility index (Phi) is 6.95. The number of nitriles is 1. The molecular weight excluding hydrogens is 429 g/mol. The SMILES string of the molecule is CCC(C)N1C(=O)C[C@H](Nc2ccc(C#N)c(Cl)c2)C1Cc1cc(Cl)ccc1Cl. The molecule has 0 spiro atoms. The Morgan fingerprint density at radius 2 is 1.97 bits per heavy atom. The third-order valence-corrected chi connectivity index (χ3v) is 6.36. The minimum atomic E-state index is -0.115. The van der Waals surface area contributed by atoms with E-state index in [4.69, 9.17) is 40.1 Å². The third-order valence-electron chi connectivity index (χ3n) is 5.45.